The van der Waals surface area contributed by atoms with Crippen molar-refractivity contribution in [2.45, 2.75) is 123 Å². The zero-order chi connectivity index (χ0) is 17.4. The summed E-state index contributed by atoms with van der Waals surface area (Å²) >= 11 is 0. The highest BCUT2D eigenvalue weighted by atomic mass is 15.3. The van der Waals surface area contributed by atoms with Gasteiger partial charge in [-0.25, -0.2) is 0 Å². The molecule has 0 heterocycles. The quantitative estimate of drug-likeness (QED) is 0.194. The van der Waals surface area contributed by atoms with E-state index in [1.807, 2.05) is 0 Å². The number of rotatable bonds is 17. The van der Waals surface area contributed by atoms with E-state index in [-0.39, 0.29) is 0 Å². The molecular formula is C22H48N+. The molecule has 0 amide bonds. The molecule has 0 aliphatic carbocycles. The van der Waals surface area contributed by atoms with Crippen LogP contribution in [0.1, 0.15) is 117 Å². The second kappa shape index (κ2) is 15.5. The van der Waals surface area contributed by atoms with Gasteiger partial charge in [0.05, 0.1) is 27.2 Å². The maximum atomic E-state index is 2.39. The van der Waals surface area contributed by atoms with E-state index in [9.17, 15) is 0 Å². The van der Waals surface area contributed by atoms with Crippen molar-refractivity contribution in [1.82, 2.24) is 0 Å². The first kappa shape index (κ1) is 23.0. The minimum absolute atomic E-state index is 0.803. The van der Waals surface area contributed by atoms with E-state index in [1.54, 1.807) is 0 Å². The van der Waals surface area contributed by atoms with E-state index in [4.69, 9.17) is 0 Å². The van der Waals surface area contributed by atoms with Crippen LogP contribution in [0.15, 0.2) is 0 Å². The van der Waals surface area contributed by atoms with E-state index in [2.05, 4.69) is 35.0 Å². The Hall–Kier alpha value is -0.0400. The lowest BCUT2D eigenvalue weighted by atomic mass is 10.0. The number of hydrogen-bond donors (Lipinski definition) is 0. The van der Waals surface area contributed by atoms with Crippen LogP contribution in [0.5, 0.6) is 0 Å². The predicted octanol–water partition coefficient (Wildman–Crippen LogP) is 7.34. The van der Waals surface area contributed by atoms with Crippen molar-refractivity contribution in [3.63, 3.8) is 0 Å². The molecule has 0 aromatic heterocycles. The van der Waals surface area contributed by atoms with Gasteiger partial charge in [-0.3, -0.25) is 0 Å². The fourth-order valence-corrected chi connectivity index (χ4v) is 3.20. The van der Waals surface area contributed by atoms with Crippen LogP contribution >= 0.6 is 0 Å². The summed E-state index contributed by atoms with van der Waals surface area (Å²) in [5, 5.41) is 0. The predicted molar refractivity (Wildman–Crippen MR) is 107 cm³/mol. The lowest BCUT2D eigenvalue weighted by Crippen LogP contribution is -2.43. The second-order valence-electron chi connectivity index (χ2n) is 8.70. The number of nitrogens with zero attached hydrogens (tertiary/aromatic N) is 1. The van der Waals surface area contributed by atoms with Crippen LogP contribution in [-0.2, 0) is 0 Å². The summed E-state index contributed by atoms with van der Waals surface area (Å²) in [7, 11) is 6.95. The maximum absolute atomic E-state index is 2.39. The topological polar surface area (TPSA) is 0 Å². The highest BCUT2D eigenvalue weighted by Gasteiger charge is 2.16. The Morgan fingerprint density at radius 2 is 0.826 bits per heavy atom. The Labute approximate surface area is 148 Å². The van der Waals surface area contributed by atoms with Gasteiger partial charge in [-0.05, 0) is 19.8 Å². The number of quaternary nitrogens is 1. The molecule has 0 saturated carbocycles. The summed E-state index contributed by atoms with van der Waals surface area (Å²) in [6.07, 6.45) is 23.3. The van der Waals surface area contributed by atoms with Crippen molar-refractivity contribution < 1.29 is 4.48 Å². The van der Waals surface area contributed by atoms with E-state index < -0.39 is 0 Å². The molecule has 1 unspecified atom stereocenters. The summed E-state index contributed by atoms with van der Waals surface area (Å²) in [6.45, 7) is 4.69. The molecule has 0 fully saturated rings. The van der Waals surface area contributed by atoms with Gasteiger partial charge >= 0.3 is 0 Å². The molecule has 1 atom stereocenters. The Morgan fingerprint density at radius 1 is 0.522 bits per heavy atom. The van der Waals surface area contributed by atoms with Gasteiger partial charge < -0.3 is 4.48 Å². The number of hydrogen-bond acceptors (Lipinski definition) is 0. The van der Waals surface area contributed by atoms with Gasteiger partial charge in [-0.2, -0.15) is 0 Å². The molecule has 23 heavy (non-hydrogen) atoms. The Kier molecular flexibility index (Phi) is 15.5. The van der Waals surface area contributed by atoms with Gasteiger partial charge in [0, 0.05) is 0 Å². The minimum Gasteiger partial charge on any atom is -0.329 e. The molecule has 0 aromatic rings. The van der Waals surface area contributed by atoms with Crippen LogP contribution in [0, 0.1) is 0 Å². The normalized spacial score (nSPS) is 13.4. The van der Waals surface area contributed by atoms with Crippen LogP contribution in [0.25, 0.3) is 0 Å². The summed E-state index contributed by atoms with van der Waals surface area (Å²) in [5.41, 5.74) is 0. The van der Waals surface area contributed by atoms with Crippen molar-refractivity contribution in [1.29, 1.82) is 0 Å². The zero-order valence-corrected chi connectivity index (χ0v) is 17.3. The molecule has 0 saturated heterocycles. The summed E-state index contributed by atoms with van der Waals surface area (Å²) in [4.78, 5) is 0. The maximum Gasteiger partial charge on any atom is 0.0855 e. The highest BCUT2D eigenvalue weighted by Crippen LogP contribution is 2.15. The third-order valence-electron chi connectivity index (χ3n) is 5.55. The molecule has 1 nitrogen and oxygen atoms in total. The Bertz CT molecular complexity index is 229. The van der Waals surface area contributed by atoms with Crippen molar-refractivity contribution in [3.05, 3.63) is 0 Å². The minimum atomic E-state index is 0.803. The average Bonchev–Trinajstić information content (AvgIpc) is 2.50. The molecule has 0 bridgehead atoms. The van der Waals surface area contributed by atoms with Crippen LogP contribution < -0.4 is 0 Å². The first-order chi connectivity index (χ1) is 11.0. The molecular weight excluding hydrogens is 278 g/mol. The van der Waals surface area contributed by atoms with E-state index >= 15 is 0 Å². The van der Waals surface area contributed by atoms with Crippen molar-refractivity contribution in [3.8, 4) is 0 Å². The molecule has 0 aliphatic rings. The molecule has 0 spiro atoms. The Balaban J connectivity index is 3.11. The van der Waals surface area contributed by atoms with E-state index in [0.29, 0.717) is 0 Å². The van der Waals surface area contributed by atoms with Crippen molar-refractivity contribution >= 4 is 0 Å². The van der Waals surface area contributed by atoms with Gasteiger partial charge in [0.25, 0.3) is 0 Å². The lowest BCUT2D eigenvalue weighted by molar-refractivity contribution is -0.894. The standard InChI is InChI=1S/C22H48N/c1-6-7-8-9-10-11-12-13-14-15-16-17-18-19-20-21-22(2)23(3,4)5/h22H,6-21H2,1-5H3/q+1. The molecule has 0 aliphatic heterocycles. The monoisotopic (exact) mass is 326 g/mol. The third kappa shape index (κ3) is 16.6. The summed E-state index contributed by atoms with van der Waals surface area (Å²) in [5.74, 6) is 0. The van der Waals surface area contributed by atoms with E-state index in [1.165, 1.54) is 103 Å². The average molecular weight is 327 g/mol. The van der Waals surface area contributed by atoms with Crippen LogP contribution in [0.3, 0.4) is 0 Å². The van der Waals surface area contributed by atoms with E-state index in [0.717, 1.165) is 10.5 Å². The SMILES string of the molecule is CCCCCCCCCCCCCCCCCC(C)[N+](C)(C)C. The van der Waals surface area contributed by atoms with Crippen LogP contribution in [0.2, 0.25) is 0 Å². The molecule has 140 valence electrons. The van der Waals surface area contributed by atoms with Crippen LogP contribution in [0.4, 0.5) is 0 Å². The third-order valence-corrected chi connectivity index (χ3v) is 5.55. The smallest absolute Gasteiger partial charge is 0.0855 e. The lowest BCUT2D eigenvalue weighted by Gasteiger charge is -2.31. The summed E-state index contributed by atoms with van der Waals surface area (Å²) < 4.78 is 1.11. The molecule has 0 radical (unpaired) electrons. The second-order valence-corrected chi connectivity index (χ2v) is 8.70. The molecule has 0 rings (SSSR count). The fourth-order valence-electron chi connectivity index (χ4n) is 3.20. The van der Waals surface area contributed by atoms with Gasteiger partial charge in [-0.15, -0.1) is 0 Å². The van der Waals surface area contributed by atoms with Gasteiger partial charge in [0.2, 0.25) is 0 Å². The summed E-state index contributed by atoms with van der Waals surface area (Å²) in [6, 6.07) is 0.803. The van der Waals surface area contributed by atoms with Crippen molar-refractivity contribution in [2.75, 3.05) is 21.1 Å². The van der Waals surface area contributed by atoms with Crippen molar-refractivity contribution in [2.24, 2.45) is 0 Å². The number of unbranched alkanes of at least 4 members (excludes halogenated alkanes) is 14. The van der Waals surface area contributed by atoms with Gasteiger partial charge in [-0.1, -0.05) is 96.8 Å². The van der Waals surface area contributed by atoms with Crippen LogP contribution in [-0.4, -0.2) is 31.7 Å². The Morgan fingerprint density at radius 3 is 1.13 bits per heavy atom. The molecule has 1 heteroatoms. The fraction of sp³-hybridized carbons (Fsp3) is 1.00. The largest absolute Gasteiger partial charge is 0.329 e. The first-order valence-corrected chi connectivity index (χ1v) is 10.8. The molecule has 0 N–H and O–H groups in total. The first-order valence-electron chi connectivity index (χ1n) is 10.8. The highest BCUT2D eigenvalue weighted by molar-refractivity contribution is 4.53. The van der Waals surface area contributed by atoms with Gasteiger partial charge in [0.1, 0.15) is 0 Å². The molecule has 0 aromatic carbocycles. The zero-order valence-electron chi connectivity index (χ0n) is 17.3. The van der Waals surface area contributed by atoms with Gasteiger partial charge in [0.15, 0.2) is 0 Å².